The van der Waals surface area contributed by atoms with Crippen LogP contribution in [0.2, 0.25) is 0 Å². The number of amides is 1. The molecule has 0 aliphatic carbocycles. The summed E-state index contributed by atoms with van der Waals surface area (Å²) in [6.45, 7) is 4.09. The summed E-state index contributed by atoms with van der Waals surface area (Å²) < 4.78 is 1.08. The number of guanidine groups is 1. The number of carbonyl (C=O) groups excluding carboxylic acids is 1. The van der Waals surface area contributed by atoms with E-state index in [0.29, 0.717) is 12.1 Å². The van der Waals surface area contributed by atoms with Crippen LogP contribution in [0.25, 0.3) is 0 Å². The summed E-state index contributed by atoms with van der Waals surface area (Å²) in [5, 5.41) is 5.97. The van der Waals surface area contributed by atoms with E-state index in [4.69, 9.17) is 4.99 Å². The van der Waals surface area contributed by atoms with Crippen molar-refractivity contribution < 1.29 is 4.79 Å². The third-order valence-corrected chi connectivity index (χ3v) is 4.66. The third-order valence-electron chi connectivity index (χ3n) is 3.89. The zero-order valence-electron chi connectivity index (χ0n) is 15.4. The zero-order chi connectivity index (χ0) is 18.9. The number of hydrogen-bond donors (Lipinski definition) is 2. The van der Waals surface area contributed by atoms with Gasteiger partial charge in [-0.15, -0.1) is 0 Å². The van der Waals surface area contributed by atoms with Gasteiger partial charge in [0.15, 0.2) is 5.96 Å². The van der Waals surface area contributed by atoms with Crippen LogP contribution < -0.4 is 10.6 Å². The Hall–Kier alpha value is -2.34. The lowest BCUT2D eigenvalue weighted by Crippen LogP contribution is -2.38. The normalized spacial score (nSPS) is 11.2. The second kappa shape index (κ2) is 9.97. The lowest BCUT2D eigenvalue weighted by Gasteiger charge is -2.22. The standard InChI is InChI=1S/C20H25BrN4O/c1-4-23-20(25(3)14-17-9-5-6-11-18(17)21)24-13-15-8-7-10-16(12-15)19(26)22-2/h5-12H,4,13-14H2,1-3H3,(H,22,26)(H,23,24). The molecule has 2 aromatic rings. The molecule has 0 unspecified atom stereocenters. The van der Waals surface area contributed by atoms with Gasteiger partial charge in [-0.2, -0.15) is 0 Å². The van der Waals surface area contributed by atoms with E-state index in [1.54, 1.807) is 13.1 Å². The molecule has 138 valence electrons. The van der Waals surface area contributed by atoms with Crippen LogP contribution in [0.3, 0.4) is 0 Å². The van der Waals surface area contributed by atoms with Crippen LogP contribution in [0.4, 0.5) is 0 Å². The monoisotopic (exact) mass is 416 g/mol. The summed E-state index contributed by atoms with van der Waals surface area (Å²) in [4.78, 5) is 18.6. The maximum Gasteiger partial charge on any atom is 0.251 e. The number of hydrogen-bond acceptors (Lipinski definition) is 2. The molecule has 0 radical (unpaired) electrons. The maximum absolute atomic E-state index is 11.8. The molecule has 0 spiro atoms. The van der Waals surface area contributed by atoms with E-state index in [1.165, 1.54) is 5.56 Å². The summed E-state index contributed by atoms with van der Waals surface area (Å²) in [6, 6.07) is 15.7. The highest BCUT2D eigenvalue weighted by molar-refractivity contribution is 9.10. The van der Waals surface area contributed by atoms with Crippen LogP contribution >= 0.6 is 15.9 Å². The van der Waals surface area contributed by atoms with E-state index in [1.807, 2.05) is 50.4 Å². The first-order valence-corrected chi connectivity index (χ1v) is 9.38. The Bertz CT molecular complexity index is 776. The fourth-order valence-corrected chi connectivity index (χ4v) is 2.96. The predicted molar refractivity (Wildman–Crippen MR) is 110 cm³/mol. The fourth-order valence-electron chi connectivity index (χ4n) is 2.55. The van der Waals surface area contributed by atoms with E-state index in [-0.39, 0.29) is 5.91 Å². The van der Waals surface area contributed by atoms with E-state index in [9.17, 15) is 4.79 Å². The molecule has 0 saturated heterocycles. The van der Waals surface area contributed by atoms with Crippen LogP contribution in [-0.2, 0) is 13.1 Å². The molecular formula is C20H25BrN4O. The van der Waals surface area contributed by atoms with Crippen molar-refractivity contribution in [3.8, 4) is 0 Å². The van der Waals surface area contributed by atoms with E-state index in [0.717, 1.165) is 29.1 Å². The summed E-state index contributed by atoms with van der Waals surface area (Å²) in [5.41, 5.74) is 2.84. The van der Waals surface area contributed by atoms with Crippen molar-refractivity contribution >= 4 is 27.8 Å². The van der Waals surface area contributed by atoms with E-state index < -0.39 is 0 Å². The molecular weight excluding hydrogens is 392 g/mol. The number of nitrogens with zero attached hydrogens (tertiary/aromatic N) is 2. The fraction of sp³-hybridized carbons (Fsp3) is 0.300. The molecule has 6 heteroatoms. The molecule has 0 aromatic heterocycles. The van der Waals surface area contributed by atoms with Gasteiger partial charge in [-0.05, 0) is 36.2 Å². The minimum Gasteiger partial charge on any atom is -0.357 e. The Kier molecular flexibility index (Phi) is 7.66. The Labute approximate surface area is 163 Å². The minimum atomic E-state index is -0.0891. The second-order valence-electron chi connectivity index (χ2n) is 5.90. The molecule has 0 aliphatic heterocycles. The molecule has 0 heterocycles. The van der Waals surface area contributed by atoms with Gasteiger partial charge >= 0.3 is 0 Å². The topological polar surface area (TPSA) is 56.7 Å². The van der Waals surface area contributed by atoms with Crippen molar-refractivity contribution in [2.24, 2.45) is 4.99 Å². The summed E-state index contributed by atoms with van der Waals surface area (Å²) in [6.07, 6.45) is 0. The van der Waals surface area contributed by atoms with Gasteiger partial charge in [0, 0.05) is 37.2 Å². The van der Waals surface area contributed by atoms with Gasteiger partial charge < -0.3 is 15.5 Å². The summed E-state index contributed by atoms with van der Waals surface area (Å²) in [5.74, 6) is 0.738. The average molecular weight is 417 g/mol. The Morgan fingerprint density at radius 1 is 1.19 bits per heavy atom. The molecule has 1 amide bonds. The maximum atomic E-state index is 11.8. The molecule has 5 nitrogen and oxygen atoms in total. The molecule has 2 rings (SSSR count). The molecule has 2 aromatic carbocycles. The molecule has 0 saturated carbocycles. The quantitative estimate of drug-likeness (QED) is 0.560. The lowest BCUT2D eigenvalue weighted by atomic mass is 10.1. The number of nitrogens with one attached hydrogen (secondary N) is 2. The van der Waals surface area contributed by atoms with Crippen molar-refractivity contribution in [3.05, 3.63) is 69.7 Å². The highest BCUT2D eigenvalue weighted by Gasteiger charge is 2.09. The first-order chi connectivity index (χ1) is 12.5. The van der Waals surface area contributed by atoms with Gasteiger partial charge in [-0.3, -0.25) is 4.79 Å². The van der Waals surface area contributed by atoms with Crippen molar-refractivity contribution in [3.63, 3.8) is 0 Å². The number of benzene rings is 2. The van der Waals surface area contributed by atoms with E-state index in [2.05, 4.69) is 37.5 Å². The second-order valence-corrected chi connectivity index (χ2v) is 6.75. The van der Waals surface area contributed by atoms with E-state index >= 15 is 0 Å². The zero-order valence-corrected chi connectivity index (χ0v) is 17.0. The van der Waals surface area contributed by atoms with Crippen molar-refractivity contribution in [2.75, 3.05) is 20.6 Å². The van der Waals surface area contributed by atoms with Crippen LogP contribution in [0, 0.1) is 0 Å². The molecule has 0 bridgehead atoms. The van der Waals surface area contributed by atoms with Crippen LogP contribution in [0.1, 0.15) is 28.4 Å². The van der Waals surface area contributed by atoms with Gasteiger partial charge in [0.1, 0.15) is 0 Å². The lowest BCUT2D eigenvalue weighted by molar-refractivity contribution is 0.0963. The molecule has 26 heavy (non-hydrogen) atoms. The van der Waals surface area contributed by atoms with Gasteiger partial charge in [0.05, 0.1) is 6.54 Å². The van der Waals surface area contributed by atoms with Gasteiger partial charge in [-0.25, -0.2) is 4.99 Å². The number of halogens is 1. The first kappa shape index (κ1) is 20.0. The van der Waals surface area contributed by atoms with Crippen molar-refractivity contribution in [1.82, 2.24) is 15.5 Å². The van der Waals surface area contributed by atoms with Crippen molar-refractivity contribution in [1.29, 1.82) is 0 Å². The highest BCUT2D eigenvalue weighted by Crippen LogP contribution is 2.17. The SMILES string of the molecule is CCNC(=NCc1cccc(C(=O)NC)c1)N(C)Cc1ccccc1Br. The third kappa shape index (κ3) is 5.59. The average Bonchev–Trinajstić information content (AvgIpc) is 2.66. The van der Waals surface area contributed by atoms with Gasteiger partial charge in [-0.1, -0.05) is 46.3 Å². The van der Waals surface area contributed by atoms with Gasteiger partial charge in [0.2, 0.25) is 0 Å². The molecule has 0 fully saturated rings. The van der Waals surface area contributed by atoms with Crippen LogP contribution in [-0.4, -0.2) is 37.4 Å². The van der Waals surface area contributed by atoms with Crippen LogP contribution in [0.5, 0.6) is 0 Å². The first-order valence-electron chi connectivity index (χ1n) is 8.59. The smallest absolute Gasteiger partial charge is 0.251 e. The summed E-state index contributed by atoms with van der Waals surface area (Å²) >= 11 is 3.59. The number of carbonyl (C=O) groups is 1. The summed E-state index contributed by atoms with van der Waals surface area (Å²) in [7, 11) is 3.65. The Balaban J connectivity index is 2.13. The Morgan fingerprint density at radius 3 is 2.65 bits per heavy atom. The van der Waals surface area contributed by atoms with Crippen LogP contribution in [0.15, 0.2) is 58.0 Å². The van der Waals surface area contributed by atoms with Crippen molar-refractivity contribution in [2.45, 2.75) is 20.0 Å². The molecule has 0 aliphatic rings. The molecule has 0 atom stereocenters. The van der Waals surface area contributed by atoms with Gasteiger partial charge in [0.25, 0.3) is 5.91 Å². The minimum absolute atomic E-state index is 0.0891. The number of aliphatic imine (C=N–C) groups is 1. The Morgan fingerprint density at radius 2 is 1.96 bits per heavy atom. The predicted octanol–water partition coefficient (Wildman–Crippen LogP) is 3.41. The largest absolute Gasteiger partial charge is 0.357 e. The molecule has 2 N–H and O–H groups in total. The highest BCUT2D eigenvalue weighted by atomic mass is 79.9. The number of rotatable bonds is 6.